The van der Waals surface area contributed by atoms with Gasteiger partial charge in [-0.15, -0.1) is 0 Å². The molecule has 1 aromatic heterocycles. The third kappa shape index (κ3) is 5.70. The highest BCUT2D eigenvalue weighted by atomic mass is 31.2. The summed E-state index contributed by atoms with van der Waals surface area (Å²) >= 11 is 0. The second-order valence-corrected chi connectivity index (χ2v) is 8.89. The summed E-state index contributed by atoms with van der Waals surface area (Å²) in [5.41, 5.74) is 1.15. The molecular weight excluding hydrogens is 307 g/mol. The molecule has 0 radical (unpaired) electrons. The van der Waals surface area contributed by atoms with Crippen LogP contribution in [0.3, 0.4) is 0 Å². The van der Waals surface area contributed by atoms with E-state index in [4.69, 9.17) is 4.52 Å². The molecule has 0 aliphatic carbocycles. The fourth-order valence-electron chi connectivity index (χ4n) is 3.28. The molecule has 2 rings (SSSR count). The Bertz CT molecular complexity index is 495. The lowest BCUT2D eigenvalue weighted by Crippen LogP contribution is -2.31. The van der Waals surface area contributed by atoms with Gasteiger partial charge >= 0.3 is 0 Å². The van der Waals surface area contributed by atoms with Crippen LogP contribution < -0.4 is 0 Å². The average molecular weight is 338 g/mol. The van der Waals surface area contributed by atoms with E-state index < -0.39 is 7.52 Å². The average Bonchev–Trinajstić information content (AvgIpc) is 2.59. The zero-order valence-electron chi connectivity index (χ0n) is 14.6. The number of nitrogens with zero attached hydrogens (tertiary/aromatic N) is 2. The SMILES string of the molecule is CCCCCCCOP(C)(=O)N1CCCCC1c1cccnc1. The van der Waals surface area contributed by atoms with Crippen LogP contribution in [-0.4, -0.2) is 29.5 Å². The highest BCUT2D eigenvalue weighted by Crippen LogP contribution is 2.54. The second kappa shape index (κ2) is 9.56. The summed E-state index contributed by atoms with van der Waals surface area (Å²) in [5, 5.41) is 0. The number of pyridine rings is 1. The van der Waals surface area contributed by atoms with Crippen molar-refractivity contribution in [2.75, 3.05) is 19.8 Å². The fraction of sp³-hybridized carbons (Fsp3) is 0.722. The Balaban J connectivity index is 1.91. The van der Waals surface area contributed by atoms with Gasteiger partial charge in [0.25, 0.3) is 7.52 Å². The fourth-order valence-corrected chi connectivity index (χ4v) is 5.15. The van der Waals surface area contributed by atoms with Gasteiger partial charge in [-0.25, -0.2) is 4.67 Å². The molecule has 5 heteroatoms. The molecule has 0 saturated carbocycles. The van der Waals surface area contributed by atoms with E-state index in [0.717, 1.165) is 31.4 Å². The van der Waals surface area contributed by atoms with Gasteiger partial charge in [0.1, 0.15) is 0 Å². The summed E-state index contributed by atoms with van der Waals surface area (Å²) in [7, 11) is -2.74. The van der Waals surface area contributed by atoms with Crippen LogP contribution in [0.4, 0.5) is 0 Å². The van der Waals surface area contributed by atoms with Crippen molar-refractivity contribution in [2.45, 2.75) is 64.3 Å². The highest BCUT2D eigenvalue weighted by molar-refractivity contribution is 7.55. The predicted octanol–water partition coefficient (Wildman–Crippen LogP) is 5.42. The molecule has 2 atom stereocenters. The molecule has 1 aromatic rings. The van der Waals surface area contributed by atoms with Crippen molar-refractivity contribution in [3.8, 4) is 0 Å². The zero-order chi connectivity index (χ0) is 16.5. The van der Waals surface area contributed by atoms with Gasteiger partial charge in [-0.3, -0.25) is 9.55 Å². The smallest absolute Gasteiger partial charge is 0.269 e. The molecule has 1 aliphatic heterocycles. The maximum atomic E-state index is 13.1. The Morgan fingerprint density at radius 2 is 2.13 bits per heavy atom. The molecule has 2 heterocycles. The standard InChI is InChI=1S/C18H31N2O2P/c1-3-4-5-6-9-15-22-23(2,21)20-14-8-7-12-18(20)17-11-10-13-19-16-17/h10-11,13,16,18H,3-9,12,14-15H2,1-2H3. The van der Waals surface area contributed by atoms with Gasteiger partial charge in [0.05, 0.1) is 6.61 Å². The van der Waals surface area contributed by atoms with Gasteiger partial charge in [-0.2, -0.15) is 0 Å². The van der Waals surface area contributed by atoms with Crippen LogP contribution in [0.1, 0.15) is 69.9 Å². The molecule has 0 amide bonds. The van der Waals surface area contributed by atoms with Crippen molar-refractivity contribution < 1.29 is 9.09 Å². The van der Waals surface area contributed by atoms with Crippen molar-refractivity contribution >= 4 is 7.52 Å². The van der Waals surface area contributed by atoms with E-state index in [0.29, 0.717) is 6.61 Å². The maximum absolute atomic E-state index is 13.1. The van der Waals surface area contributed by atoms with Crippen LogP contribution in [0.25, 0.3) is 0 Å². The molecule has 0 N–H and O–H groups in total. The van der Waals surface area contributed by atoms with Gasteiger partial charge in [-0.1, -0.05) is 45.1 Å². The summed E-state index contributed by atoms with van der Waals surface area (Å²) in [4.78, 5) is 4.22. The van der Waals surface area contributed by atoms with E-state index in [1.165, 1.54) is 32.1 Å². The Hall–Kier alpha value is -0.700. The first-order valence-corrected chi connectivity index (χ1v) is 11.1. The Kier molecular flexibility index (Phi) is 7.75. The van der Waals surface area contributed by atoms with Gasteiger partial charge in [0, 0.05) is 31.6 Å². The molecular formula is C18H31N2O2P. The van der Waals surface area contributed by atoms with Crippen LogP contribution in [-0.2, 0) is 9.09 Å². The predicted molar refractivity (Wildman–Crippen MR) is 95.8 cm³/mol. The van der Waals surface area contributed by atoms with E-state index in [-0.39, 0.29) is 6.04 Å². The molecule has 130 valence electrons. The lowest BCUT2D eigenvalue weighted by atomic mass is 9.99. The van der Waals surface area contributed by atoms with Gasteiger partial charge in [0.2, 0.25) is 0 Å². The van der Waals surface area contributed by atoms with Crippen LogP contribution in [0.5, 0.6) is 0 Å². The van der Waals surface area contributed by atoms with Crippen molar-refractivity contribution in [1.82, 2.24) is 9.65 Å². The third-order valence-corrected chi connectivity index (χ3v) is 6.66. The number of aromatic nitrogens is 1. The van der Waals surface area contributed by atoms with Gasteiger partial charge < -0.3 is 4.52 Å². The zero-order valence-corrected chi connectivity index (χ0v) is 15.5. The monoisotopic (exact) mass is 338 g/mol. The van der Waals surface area contributed by atoms with Gasteiger partial charge in [0.15, 0.2) is 0 Å². The van der Waals surface area contributed by atoms with Crippen molar-refractivity contribution in [2.24, 2.45) is 0 Å². The van der Waals surface area contributed by atoms with Crippen molar-refractivity contribution in [3.63, 3.8) is 0 Å². The molecule has 0 spiro atoms. The molecule has 2 unspecified atom stereocenters. The minimum absolute atomic E-state index is 0.174. The van der Waals surface area contributed by atoms with E-state index in [1.807, 2.05) is 12.3 Å². The van der Waals surface area contributed by atoms with Crippen LogP contribution >= 0.6 is 7.52 Å². The molecule has 0 bridgehead atoms. The molecule has 1 fully saturated rings. The van der Waals surface area contributed by atoms with Crippen molar-refractivity contribution in [1.29, 1.82) is 0 Å². The van der Waals surface area contributed by atoms with Crippen LogP contribution in [0.15, 0.2) is 24.5 Å². The molecule has 1 saturated heterocycles. The normalized spacial score (nSPS) is 21.9. The lowest BCUT2D eigenvalue weighted by molar-refractivity contribution is 0.196. The number of hydrogen-bond donors (Lipinski definition) is 0. The Labute approximate surface area is 141 Å². The van der Waals surface area contributed by atoms with Crippen molar-refractivity contribution in [3.05, 3.63) is 30.1 Å². The first kappa shape index (κ1) is 18.6. The van der Waals surface area contributed by atoms with E-state index >= 15 is 0 Å². The summed E-state index contributed by atoms with van der Waals surface area (Å²) < 4.78 is 21.1. The minimum Gasteiger partial charge on any atom is -0.318 e. The van der Waals surface area contributed by atoms with Crippen LogP contribution in [0, 0.1) is 0 Å². The van der Waals surface area contributed by atoms with Crippen LogP contribution in [0.2, 0.25) is 0 Å². The molecule has 4 nitrogen and oxygen atoms in total. The summed E-state index contributed by atoms with van der Waals surface area (Å²) in [6, 6.07) is 4.21. The third-order valence-electron chi connectivity index (χ3n) is 4.59. The Morgan fingerprint density at radius 1 is 1.30 bits per heavy atom. The van der Waals surface area contributed by atoms with E-state index in [9.17, 15) is 4.57 Å². The minimum atomic E-state index is -2.74. The quantitative estimate of drug-likeness (QED) is 0.445. The summed E-state index contributed by atoms with van der Waals surface area (Å²) in [5.74, 6) is 0. The summed E-state index contributed by atoms with van der Waals surface area (Å²) in [6.07, 6.45) is 12.9. The molecule has 1 aliphatic rings. The van der Waals surface area contributed by atoms with E-state index in [2.05, 4.69) is 22.6 Å². The number of unbranched alkanes of at least 4 members (excludes halogenated alkanes) is 4. The number of piperidine rings is 1. The first-order chi connectivity index (χ1) is 11.1. The number of rotatable bonds is 9. The number of hydrogen-bond acceptors (Lipinski definition) is 3. The molecule has 23 heavy (non-hydrogen) atoms. The lowest BCUT2D eigenvalue weighted by Gasteiger charge is -2.39. The maximum Gasteiger partial charge on any atom is 0.269 e. The van der Waals surface area contributed by atoms with E-state index in [1.54, 1.807) is 12.9 Å². The molecule has 0 aromatic carbocycles. The largest absolute Gasteiger partial charge is 0.318 e. The Morgan fingerprint density at radius 3 is 2.87 bits per heavy atom. The topological polar surface area (TPSA) is 42.4 Å². The van der Waals surface area contributed by atoms with Gasteiger partial charge in [-0.05, 0) is 30.9 Å². The highest BCUT2D eigenvalue weighted by Gasteiger charge is 2.35. The first-order valence-electron chi connectivity index (χ1n) is 9.04. The summed E-state index contributed by atoms with van der Waals surface area (Å²) in [6.45, 7) is 5.45. The second-order valence-electron chi connectivity index (χ2n) is 6.51.